The molecule has 2 atom stereocenters. The minimum Gasteiger partial charge on any atom is -0.310 e. The third-order valence-corrected chi connectivity index (χ3v) is 8.03. The van der Waals surface area contributed by atoms with Crippen molar-refractivity contribution in [2.45, 2.75) is 57.8 Å². The number of nitrogens with zero attached hydrogens (tertiary/aromatic N) is 1. The molecule has 1 saturated carbocycles. The Kier molecular flexibility index (Phi) is 5.49. The van der Waals surface area contributed by atoms with Crippen LogP contribution in [0.1, 0.15) is 66.2 Å². The van der Waals surface area contributed by atoms with Crippen molar-refractivity contribution >= 4 is 17.1 Å². The van der Waals surface area contributed by atoms with E-state index in [0.29, 0.717) is 0 Å². The van der Waals surface area contributed by atoms with Gasteiger partial charge in [-0.15, -0.1) is 0 Å². The summed E-state index contributed by atoms with van der Waals surface area (Å²) in [6, 6.07) is 33.5. The fourth-order valence-corrected chi connectivity index (χ4v) is 6.51. The Balaban J connectivity index is 1.44. The van der Waals surface area contributed by atoms with Gasteiger partial charge in [-0.05, 0) is 121 Å². The van der Waals surface area contributed by atoms with E-state index in [1.807, 2.05) is 0 Å². The summed E-state index contributed by atoms with van der Waals surface area (Å²) in [5, 5.41) is 0. The normalized spacial score (nSPS) is 18.9. The summed E-state index contributed by atoms with van der Waals surface area (Å²) in [5.41, 5.74) is 12.3. The molecule has 0 aromatic heterocycles. The van der Waals surface area contributed by atoms with Crippen molar-refractivity contribution in [3.05, 3.63) is 113 Å². The fraction of sp³-hybridized carbons (Fsp3) is 0.273. The van der Waals surface area contributed by atoms with Crippen molar-refractivity contribution in [3.8, 4) is 11.1 Å². The van der Waals surface area contributed by atoms with Gasteiger partial charge in [0.1, 0.15) is 0 Å². The van der Waals surface area contributed by atoms with Crippen LogP contribution in [0.5, 0.6) is 0 Å². The molecule has 1 nitrogen and oxygen atoms in total. The zero-order valence-corrected chi connectivity index (χ0v) is 20.3. The molecule has 1 fully saturated rings. The quantitative estimate of drug-likeness (QED) is 0.303. The molecule has 2 unspecified atom stereocenters. The molecule has 2 bridgehead atoms. The SMILES string of the molecule is Cc1cc(N(c2ccccc2)c2ccccc2)cc(C)c1-c1ccc2c(c1)C1CCCC2CC1. The van der Waals surface area contributed by atoms with Gasteiger partial charge in [-0.25, -0.2) is 0 Å². The van der Waals surface area contributed by atoms with Gasteiger partial charge in [0.2, 0.25) is 0 Å². The maximum atomic E-state index is 2.54. The van der Waals surface area contributed by atoms with E-state index in [1.165, 1.54) is 71.4 Å². The predicted octanol–water partition coefficient (Wildman–Crippen LogP) is 9.59. The summed E-state index contributed by atoms with van der Waals surface area (Å²) < 4.78 is 0. The van der Waals surface area contributed by atoms with Crippen LogP contribution < -0.4 is 4.90 Å². The summed E-state index contributed by atoms with van der Waals surface area (Å²) in [7, 11) is 0. The molecule has 0 radical (unpaired) electrons. The third kappa shape index (κ3) is 3.74. The molecule has 3 aliphatic rings. The molecule has 4 aromatic rings. The van der Waals surface area contributed by atoms with E-state index in [-0.39, 0.29) is 0 Å². The maximum Gasteiger partial charge on any atom is 0.0467 e. The Morgan fingerprint density at radius 2 is 1.12 bits per heavy atom. The number of rotatable bonds is 4. The average Bonchev–Trinajstić information content (AvgIpc) is 3.20. The van der Waals surface area contributed by atoms with Crippen LogP contribution in [0.15, 0.2) is 91.0 Å². The van der Waals surface area contributed by atoms with Crippen molar-refractivity contribution in [1.29, 1.82) is 0 Å². The molecule has 4 aromatic carbocycles. The van der Waals surface area contributed by atoms with Crippen LogP contribution in [0, 0.1) is 13.8 Å². The number of hydrogen-bond donors (Lipinski definition) is 0. The third-order valence-electron chi connectivity index (χ3n) is 8.03. The number of anilines is 3. The minimum atomic E-state index is 0.764. The van der Waals surface area contributed by atoms with Crippen molar-refractivity contribution in [2.75, 3.05) is 4.90 Å². The van der Waals surface area contributed by atoms with Crippen LogP contribution in [0.2, 0.25) is 0 Å². The summed E-state index contributed by atoms with van der Waals surface area (Å²) in [5.74, 6) is 1.55. The zero-order valence-electron chi connectivity index (χ0n) is 20.3. The number of fused-ring (bicyclic) bond motifs is 3. The first-order valence-electron chi connectivity index (χ1n) is 12.8. The summed E-state index contributed by atoms with van der Waals surface area (Å²) >= 11 is 0. The summed E-state index contributed by atoms with van der Waals surface area (Å²) in [6.07, 6.45) is 6.90. The van der Waals surface area contributed by atoms with Crippen molar-refractivity contribution in [1.82, 2.24) is 0 Å². The van der Waals surface area contributed by atoms with Crippen molar-refractivity contribution in [2.24, 2.45) is 0 Å². The minimum absolute atomic E-state index is 0.764. The van der Waals surface area contributed by atoms with Crippen LogP contribution >= 0.6 is 0 Å². The van der Waals surface area contributed by atoms with Gasteiger partial charge in [-0.1, -0.05) is 61.0 Å². The van der Waals surface area contributed by atoms with E-state index in [1.54, 1.807) is 11.1 Å². The first-order valence-corrected chi connectivity index (χ1v) is 12.8. The molecule has 3 aliphatic carbocycles. The average molecular weight is 444 g/mol. The first kappa shape index (κ1) is 21.2. The Bertz CT molecular complexity index is 1240. The fourth-order valence-electron chi connectivity index (χ4n) is 6.51. The standard InChI is InChI=1S/C33H33N/c1-23-20-30(34(28-12-5-3-6-13-28)29-14-7-4-8-15-29)21-24(2)33(23)27-18-19-31-25-10-9-11-26(17-16-25)32(31)22-27/h3-8,12-15,18-22,25-26H,9-11,16-17H2,1-2H3. The highest BCUT2D eigenvalue weighted by atomic mass is 15.1. The second-order valence-electron chi connectivity index (χ2n) is 10.2. The molecule has 1 heteroatoms. The number of para-hydroxylation sites is 2. The summed E-state index contributed by atoms with van der Waals surface area (Å²) in [4.78, 5) is 2.36. The molecule has 0 heterocycles. The maximum absolute atomic E-state index is 2.54. The van der Waals surface area contributed by atoms with Gasteiger partial charge in [-0.3, -0.25) is 0 Å². The Labute approximate surface area is 204 Å². The molecule has 0 aliphatic heterocycles. The Hall–Kier alpha value is -3.32. The van der Waals surface area contributed by atoms with E-state index >= 15 is 0 Å². The molecule has 0 amide bonds. The van der Waals surface area contributed by atoms with Gasteiger partial charge < -0.3 is 4.90 Å². The van der Waals surface area contributed by atoms with Crippen LogP contribution in [0.25, 0.3) is 11.1 Å². The van der Waals surface area contributed by atoms with Gasteiger partial charge in [0.25, 0.3) is 0 Å². The molecule has 0 spiro atoms. The largest absolute Gasteiger partial charge is 0.310 e. The second-order valence-corrected chi connectivity index (χ2v) is 10.2. The zero-order chi connectivity index (χ0) is 23.1. The summed E-state index contributed by atoms with van der Waals surface area (Å²) in [6.45, 7) is 4.55. The van der Waals surface area contributed by atoms with E-state index in [9.17, 15) is 0 Å². The molecule has 7 rings (SSSR count). The van der Waals surface area contributed by atoms with E-state index < -0.39 is 0 Å². The van der Waals surface area contributed by atoms with Crippen molar-refractivity contribution < 1.29 is 0 Å². The molecule has 0 saturated heterocycles. The Morgan fingerprint density at radius 3 is 1.71 bits per heavy atom. The van der Waals surface area contributed by atoms with Gasteiger partial charge in [0.15, 0.2) is 0 Å². The van der Waals surface area contributed by atoms with Gasteiger partial charge in [0.05, 0.1) is 0 Å². The molecule has 170 valence electrons. The predicted molar refractivity (Wildman–Crippen MR) is 145 cm³/mol. The molecule has 34 heavy (non-hydrogen) atoms. The van der Waals surface area contributed by atoms with E-state index in [2.05, 4.69) is 110 Å². The number of hydrogen-bond acceptors (Lipinski definition) is 1. The highest BCUT2D eigenvalue weighted by Gasteiger charge is 2.30. The number of benzene rings is 4. The topological polar surface area (TPSA) is 3.24 Å². The lowest BCUT2D eigenvalue weighted by Crippen LogP contribution is -2.11. The lowest BCUT2D eigenvalue weighted by atomic mass is 9.77. The van der Waals surface area contributed by atoms with Crippen molar-refractivity contribution in [3.63, 3.8) is 0 Å². The van der Waals surface area contributed by atoms with Gasteiger partial charge in [-0.2, -0.15) is 0 Å². The van der Waals surface area contributed by atoms with Crippen LogP contribution in [0.4, 0.5) is 17.1 Å². The molecular formula is C33H33N. The second kappa shape index (κ2) is 8.80. The first-order chi connectivity index (χ1) is 16.7. The smallest absolute Gasteiger partial charge is 0.0467 e. The van der Waals surface area contributed by atoms with Crippen LogP contribution in [0.3, 0.4) is 0 Å². The lowest BCUT2D eigenvalue weighted by Gasteiger charge is -2.29. The van der Waals surface area contributed by atoms with Gasteiger partial charge in [0, 0.05) is 17.1 Å². The van der Waals surface area contributed by atoms with E-state index in [4.69, 9.17) is 0 Å². The van der Waals surface area contributed by atoms with Crippen LogP contribution in [-0.2, 0) is 0 Å². The molecule has 0 N–H and O–H groups in total. The van der Waals surface area contributed by atoms with Crippen LogP contribution in [-0.4, -0.2) is 0 Å². The molecular weight excluding hydrogens is 410 g/mol. The van der Waals surface area contributed by atoms with E-state index in [0.717, 1.165) is 11.8 Å². The Morgan fingerprint density at radius 1 is 0.559 bits per heavy atom. The number of aryl methyl sites for hydroxylation is 2. The highest BCUT2D eigenvalue weighted by Crippen LogP contribution is 2.48. The highest BCUT2D eigenvalue weighted by molar-refractivity contribution is 5.81. The lowest BCUT2D eigenvalue weighted by molar-refractivity contribution is 0.527. The van der Waals surface area contributed by atoms with Gasteiger partial charge >= 0.3 is 0 Å². The monoisotopic (exact) mass is 443 g/mol.